The summed E-state index contributed by atoms with van der Waals surface area (Å²) in [6.45, 7) is 7.06. The third-order valence-corrected chi connectivity index (χ3v) is 1.59. The first-order valence-electron chi connectivity index (χ1n) is 4.64. The van der Waals surface area contributed by atoms with E-state index >= 15 is 0 Å². The van der Waals surface area contributed by atoms with Crippen molar-refractivity contribution in [1.29, 1.82) is 0 Å². The highest BCUT2D eigenvalue weighted by Crippen LogP contribution is 1.92. The molecular formula is C9H20N2O2. The smallest absolute Gasteiger partial charge is 0.407 e. The molecule has 0 saturated heterocycles. The molecule has 4 heteroatoms. The van der Waals surface area contributed by atoms with Crippen molar-refractivity contribution in [2.45, 2.75) is 26.8 Å². The zero-order valence-corrected chi connectivity index (χ0v) is 8.89. The van der Waals surface area contributed by atoms with E-state index in [0.29, 0.717) is 19.1 Å². The molecule has 4 nitrogen and oxygen atoms in total. The van der Waals surface area contributed by atoms with Crippen molar-refractivity contribution < 1.29 is 9.53 Å². The Balaban J connectivity index is 3.40. The Morgan fingerprint density at radius 2 is 2.00 bits per heavy atom. The number of nitrogens with one attached hydrogen (secondary N) is 2. The average molecular weight is 188 g/mol. The van der Waals surface area contributed by atoms with E-state index in [1.807, 2.05) is 27.8 Å². The minimum Gasteiger partial charge on any atom is -0.449 e. The van der Waals surface area contributed by atoms with Crippen LogP contribution in [0.3, 0.4) is 0 Å². The highest BCUT2D eigenvalue weighted by Gasteiger charge is 2.04. The van der Waals surface area contributed by atoms with Crippen LogP contribution >= 0.6 is 0 Å². The van der Waals surface area contributed by atoms with Gasteiger partial charge in [-0.25, -0.2) is 4.79 Å². The fourth-order valence-electron chi connectivity index (χ4n) is 0.632. The van der Waals surface area contributed by atoms with Gasteiger partial charge in [0.15, 0.2) is 0 Å². The van der Waals surface area contributed by atoms with Crippen molar-refractivity contribution in [3.05, 3.63) is 0 Å². The van der Waals surface area contributed by atoms with Crippen LogP contribution in [0.5, 0.6) is 0 Å². The van der Waals surface area contributed by atoms with Crippen molar-refractivity contribution in [3.63, 3.8) is 0 Å². The van der Waals surface area contributed by atoms with Gasteiger partial charge in [-0.15, -0.1) is 0 Å². The SMILES string of the molecule is CNC(C)CNC(=O)OCC(C)C. The second-order valence-electron chi connectivity index (χ2n) is 3.56. The molecule has 1 unspecified atom stereocenters. The van der Waals surface area contributed by atoms with Crippen LogP contribution in [0.15, 0.2) is 0 Å². The zero-order valence-electron chi connectivity index (χ0n) is 8.89. The molecule has 0 heterocycles. The first-order chi connectivity index (χ1) is 6.06. The van der Waals surface area contributed by atoms with Crippen LogP contribution in [0.25, 0.3) is 0 Å². The average Bonchev–Trinajstić information content (AvgIpc) is 2.10. The zero-order chi connectivity index (χ0) is 10.3. The number of carbonyl (C=O) groups is 1. The Bertz CT molecular complexity index is 149. The van der Waals surface area contributed by atoms with Crippen LogP contribution in [-0.2, 0) is 4.74 Å². The maximum Gasteiger partial charge on any atom is 0.407 e. The number of carbonyl (C=O) groups excluding carboxylic acids is 1. The Morgan fingerprint density at radius 3 is 2.46 bits per heavy atom. The van der Waals surface area contributed by atoms with E-state index in [-0.39, 0.29) is 12.1 Å². The summed E-state index contributed by atoms with van der Waals surface area (Å²) in [6, 6.07) is 0.270. The van der Waals surface area contributed by atoms with Gasteiger partial charge in [0, 0.05) is 12.6 Å². The van der Waals surface area contributed by atoms with Crippen molar-refractivity contribution in [1.82, 2.24) is 10.6 Å². The molecule has 13 heavy (non-hydrogen) atoms. The summed E-state index contributed by atoms with van der Waals surface area (Å²) in [7, 11) is 1.85. The summed E-state index contributed by atoms with van der Waals surface area (Å²) in [5, 5.41) is 5.68. The Hall–Kier alpha value is -0.770. The molecule has 78 valence electrons. The van der Waals surface area contributed by atoms with Gasteiger partial charge in [-0.1, -0.05) is 13.8 Å². The first kappa shape index (κ1) is 12.2. The van der Waals surface area contributed by atoms with E-state index in [1.54, 1.807) is 0 Å². The lowest BCUT2D eigenvalue weighted by Crippen LogP contribution is -2.37. The Labute approximate surface area is 80.0 Å². The van der Waals surface area contributed by atoms with Gasteiger partial charge >= 0.3 is 6.09 Å². The standard InChI is InChI=1S/C9H20N2O2/c1-7(2)6-13-9(12)11-5-8(3)10-4/h7-8,10H,5-6H2,1-4H3,(H,11,12). The molecule has 0 aliphatic rings. The molecule has 0 saturated carbocycles. The molecule has 0 radical (unpaired) electrons. The minimum atomic E-state index is -0.337. The largest absolute Gasteiger partial charge is 0.449 e. The summed E-state index contributed by atoms with van der Waals surface area (Å²) >= 11 is 0. The van der Waals surface area contributed by atoms with Gasteiger partial charge in [0.25, 0.3) is 0 Å². The number of likely N-dealkylation sites (N-methyl/N-ethyl adjacent to an activating group) is 1. The third-order valence-electron chi connectivity index (χ3n) is 1.59. The topological polar surface area (TPSA) is 50.4 Å². The lowest BCUT2D eigenvalue weighted by atomic mass is 10.2. The summed E-state index contributed by atoms with van der Waals surface area (Å²) in [5.41, 5.74) is 0. The van der Waals surface area contributed by atoms with Crippen LogP contribution in [0.4, 0.5) is 4.79 Å². The van der Waals surface area contributed by atoms with Crippen LogP contribution in [-0.4, -0.2) is 32.3 Å². The van der Waals surface area contributed by atoms with E-state index < -0.39 is 0 Å². The van der Waals surface area contributed by atoms with Gasteiger partial charge < -0.3 is 15.4 Å². The summed E-state index contributed by atoms with van der Waals surface area (Å²) in [6.07, 6.45) is -0.337. The van der Waals surface area contributed by atoms with Gasteiger partial charge in [-0.05, 0) is 19.9 Å². The van der Waals surface area contributed by atoms with Crippen LogP contribution < -0.4 is 10.6 Å². The molecule has 0 aromatic rings. The molecule has 0 fully saturated rings. The second kappa shape index (κ2) is 6.71. The summed E-state index contributed by atoms with van der Waals surface area (Å²) < 4.78 is 4.92. The number of rotatable bonds is 5. The van der Waals surface area contributed by atoms with E-state index in [4.69, 9.17) is 4.74 Å². The van der Waals surface area contributed by atoms with E-state index in [1.165, 1.54) is 0 Å². The highest BCUT2D eigenvalue weighted by molar-refractivity contribution is 5.67. The number of ether oxygens (including phenoxy) is 1. The van der Waals surface area contributed by atoms with Gasteiger partial charge in [-0.3, -0.25) is 0 Å². The molecule has 1 atom stereocenters. The van der Waals surface area contributed by atoms with Gasteiger partial charge in [0.1, 0.15) is 0 Å². The second-order valence-corrected chi connectivity index (χ2v) is 3.56. The number of hydrogen-bond donors (Lipinski definition) is 2. The van der Waals surface area contributed by atoms with Crippen molar-refractivity contribution in [2.75, 3.05) is 20.2 Å². The Kier molecular flexibility index (Phi) is 6.32. The normalized spacial score (nSPS) is 12.7. The molecule has 2 N–H and O–H groups in total. The molecule has 0 aliphatic carbocycles. The molecule has 0 aromatic heterocycles. The molecule has 0 bridgehead atoms. The van der Waals surface area contributed by atoms with Crippen molar-refractivity contribution in [3.8, 4) is 0 Å². The lowest BCUT2D eigenvalue weighted by molar-refractivity contribution is 0.132. The number of amides is 1. The molecule has 0 spiro atoms. The third kappa shape index (κ3) is 7.59. The van der Waals surface area contributed by atoms with Gasteiger partial charge in [0.05, 0.1) is 6.61 Å². The van der Waals surface area contributed by atoms with E-state index in [2.05, 4.69) is 10.6 Å². The first-order valence-corrected chi connectivity index (χ1v) is 4.64. The summed E-state index contributed by atoms with van der Waals surface area (Å²) in [4.78, 5) is 11.0. The maximum atomic E-state index is 11.0. The van der Waals surface area contributed by atoms with E-state index in [9.17, 15) is 4.79 Å². The number of alkyl carbamates (subject to hydrolysis) is 1. The predicted octanol–water partition coefficient (Wildman–Crippen LogP) is 0.977. The summed E-state index contributed by atoms with van der Waals surface area (Å²) in [5.74, 6) is 0.382. The quantitative estimate of drug-likeness (QED) is 0.676. The van der Waals surface area contributed by atoms with Gasteiger partial charge in [0.2, 0.25) is 0 Å². The fourth-order valence-corrected chi connectivity index (χ4v) is 0.632. The monoisotopic (exact) mass is 188 g/mol. The van der Waals surface area contributed by atoms with Gasteiger partial charge in [-0.2, -0.15) is 0 Å². The predicted molar refractivity (Wildman–Crippen MR) is 52.7 cm³/mol. The molecular weight excluding hydrogens is 168 g/mol. The Morgan fingerprint density at radius 1 is 1.38 bits per heavy atom. The maximum absolute atomic E-state index is 11.0. The molecule has 0 rings (SSSR count). The molecule has 1 amide bonds. The minimum absolute atomic E-state index is 0.270. The fraction of sp³-hybridized carbons (Fsp3) is 0.889. The van der Waals surface area contributed by atoms with E-state index in [0.717, 1.165) is 0 Å². The highest BCUT2D eigenvalue weighted by atomic mass is 16.5. The van der Waals surface area contributed by atoms with Crippen LogP contribution in [0, 0.1) is 5.92 Å². The molecule has 0 aliphatic heterocycles. The van der Waals surface area contributed by atoms with Crippen LogP contribution in [0.2, 0.25) is 0 Å². The van der Waals surface area contributed by atoms with Crippen molar-refractivity contribution in [2.24, 2.45) is 5.92 Å². The number of hydrogen-bond acceptors (Lipinski definition) is 3. The van der Waals surface area contributed by atoms with Crippen molar-refractivity contribution >= 4 is 6.09 Å². The lowest BCUT2D eigenvalue weighted by Gasteiger charge is -2.12. The molecule has 0 aromatic carbocycles. The van der Waals surface area contributed by atoms with Crippen LogP contribution in [0.1, 0.15) is 20.8 Å².